The molecule has 5 aromatic rings. The number of aryl methyl sites for hydroxylation is 2. The zero-order valence-corrected chi connectivity index (χ0v) is 29.9. The quantitative estimate of drug-likeness (QED) is 0.158. The van der Waals surface area contributed by atoms with Crippen molar-refractivity contribution in [2.45, 2.75) is 50.4 Å². The summed E-state index contributed by atoms with van der Waals surface area (Å²) in [6.07, 6.45) is -9.67. The Bertz CT molecular complexity index is 2160. The summed E-state index contributed by atoms with van der Waals surface area (Å²) in [5.74, 6) is -1.48. The van der Waals surface area contributed by atoms with Crippen LogP contribution in [0, 0.1) is 13.8 Å². The van der Waals surface area contributed by atoms with Crippen molar-refractivity contribution in [2.75, 3.05) is 6.61 Å². The van der Waals surface area contributed by atoms with Crippen LogP contribution in [0.3, 0.4) is 0 Å². The summed E-state index contributed by atoms with van der Waals surface area (Å²) in [7, 11) is 0. The number of carboxylic acid groups (broad SMARTS) is 1. The van der Waals surface area contributed by atoms with Gasteiger partial charge >= 0.3 is 18.3 Å². The summed E-state index contributed by atoms with van der Waals surface area (Å²) in [5, 5.41) is 19.6. The minimum atomic E-state index is -4.86. The lowest BCUT2D eigenvalue weighted by Gasteiger charge is -2.33. The monoisotopic (exact) mass is 775 g/mol. The number of halogens is 8. The number of benzene rings is 5. The van der Waals surface area contributed by atoms with E-state index in [2.05, 4.69) is 0 Å². The van der Waals surface area contributed by atoms with Crippen molar-refractivity contribution < 1.29 is 46.1 Å². The van der Waals surface area contributed by atoms with Crippen LogP contribution in [-0.4, -0.2) is 35.1 Å². The molecule has 0 spiro atoms. The molecule has 0 fully saturated rings. The normalized spacial score (nSPS) is 18.7. The molecule has 0 saturated heterocycles. The highest BCUT2D eigenvalue weighted by Gasteiger charge is 2.64. The Morgan fingerprint density at radius 3 is 1.64 bits per heavy atom. The second-order valence-corrected chi connectivity index (χ2v) is 13.5. The number of aliphatic carboxylic acids is 1. The van der Waals surface area contributed by atoms with Gasteiger partial charge in [-0.05, 0) is 60.7 Å². The maximum Gasteiger partial charge on any atom is 0.426 e. The number of carbonyl (C=O) groups is 1. The molecule has 2 aliphatic carbocycles. The number of fused-ring (bicyclic) bond motifs is 6. The predicted molar refractivity (Wildman–Crippen MR) is 192 cm³/mol. The van der Waals surface area contributed by atoms with Gasteiger partial charge in [0, 0.05) is 49.5 Å². The molecule has 0 heterocycles. The van der Waals surface area contributed by atoms with Gasteiger partial charge in [0.2, 0.25) is 11.2 Å². The van der Waals surface area contributed by atoms with Gasteiger partial charge in [-0.15, -0.1) is 0 Å². The molecule has 7 rings (SSSR count). The third-order valence-electron chi connectivity index (χ3n) is 8.95. The molecular formula is C40H33Cl2F6NO4. The van der Waals surface area contributed by atoms with E-state index in [4.69, 9.17) is 38.8 Å². The summed E-state index contributed by atoms with van der Waals surface area (Å²) in [4.78, 5) is 10.9. The second kappa shape index (κ2) is 14.8. The molecule has 53 heavy (non-hydrogen) atoms. The minimum Gasteiger partial charge on any atom is -0.480 e. The van der Waals surface area contributed by atoms with E-state index < -0.39 is 36.1 Å². The Morgan fingerprint density at radius 2 is 1.17 bits per heavy atom. The SMILES string of the molecule is C[C@@H](N)c1ccccc1.Cc1cc(Cl)c2c(c1)[C@@](O)(C(F)(F)F)c1ccccc1-2.Cc1cc(Cl)c2c(c1)[C@@](OCC(=O)O)(C(F)(F)F)c1ccccc1-2. The molecule has 0 unspecified atom stereocenters. The number of rotatable bonds is 4. The third kappa shape index (κ3) is 7.16. The topological polar surface area (TPSA) is 92.8 Å². The van der Waals surface area contributed by atoms with Gasteiger partial charge in [0.25, 0.3) is 0 Å². The van der Waals surface area contributed by atoms with Gasteiger partial charge in [-0.1, -0.05) is 114 Å². The van der Waals surface area contributed by atoms with Crippen molar-refractivity contribution in [3.05, 3.63) is 152 Å². The Labute approximate surface area is 311 Å². The molecule has 0 bridgehead atoms. The van der Waals surface area contributed by atoms with Crippen LogP contribution in [-0.2, 0) is 20.7 Å². The minimum absolute atomic E-state index is 0.152. The molecule has 5 nitrogen and oxygen atoms in total. The van der Waals surface area contributed by atoms with Crippen LogP contribution in [0.15, 0.2) is 103 Å². The summed E-state index contributed by atoms with van der Waals surface area (Å²) in [6.45, 7) is 4.16. The van der Waals surface area contributed by atoms with Crippen molar-refractivity contribution in [3.8, 4) is 22.3 Å². The standard InChI is InChI=1S/C17H12ClF3O3.C15H10ClF3O.C8H11N/c1-9-6-12-15(13(18)7-9)10-4-2-3-5-11(10)16(12,17(19,20)21)24-8-14(22)23;1-8-6-11-13(12(16)7-8)9-4-2-3-5-10(9)14(11,20)15(17,18)19;1-7(9)8-5-3-2-4-6-8/h2-7H,8H2,1H3,(H,22,23);2-7,20H,1H3;2-7H,9H2,1H3/t16-;14-;7-/m111/s1. The number of ether oxygens (including phenoxy) is 1. The fraction of sp³-hybridized carbons (Fsp3) is 0.225. The number of aliphatic hydroxyl groups is 1. The molecule has 0 saturated carbocycles. The number of hydrogen-bond donors (Lipinski definition) is 3. The average Bonchev–Trinajstić information content (AvgIpc) is 3.52. The Morgan fingerprint density at radius 1 is 0.717 bits per heavy atom. The van der Waals surface area contributed by atoms with Gasteiger partial charge in [0.15, 0.2) is 0 Å². The highest BCUT2D eigenvalue weighted by molar-refractivity contribution is 6.34. The van der Waals surface area contributed by atoms with E-state index in [1.807, 2.05) is 37.3 Å². The number of nitrogens with two attached hydrogens (primary N) is 1. The van der Waals surface area contributed by atoms with Crippen molar-refractivity contribution in [1.29, 1.82) is 0 Å². The second-order valence-electron chi connectivity index (χ2n) is 12.7. The molecule has 2 aliphatic rings. The third-order valence-corrected chi connectivity index (χ3v) is 9.54. The van der Waals surface area contributed by atoms with E-state index in [0.29, 0.717) is 22.3 Å². The molecule has 278 valence electrons. The lowest BCUT2D eigenvalue weighted by atomic mass is 9.89. The maximum absolute atomic E-state index is 14.1. The van der Waals surface area contributed by atoms with Crippen molar-refractivity contribution >= 4 is 29.2 Å². The maximum atomic E-state index is 14.1. The molecule has 0 radical (unpaired) electrons. The van der Waals surface area contributed by atoms with Crippen LogP contribution >= 0.6 is 23.2 Å². The molecule has 0 aliphatic heterocycles. The first kappa shape index (κ1) is 39.8. The van der Waals surface area contributed by atoms with Crippen molar-refractivity contribution in [2.24, 2.45) is 5.73 Å². The predicted octanol–water partition coefficient (Wildman–Crippen LogP) is 10.7. The van der Waals surface area contributed by atoms with Crippen molar-refractivity contribution in [3.63, 3.8) is 0 Å². The van der Waals surface area contributed by atoms with Gasteiger partial charge < -0.3 is 20.7 Å². The fourth-order valence-corrected chi connectivity index (χ4v) is 7.44. The summed E-state index contributed by atoms with van der Waals surface area (Å²) in [5.41, 5.74) is 2.45. The highest BCUT2D eigenvalue weighted by Crippen LogP contribution is 2.59. The molecular weight excluding hydrogens is 743 g/mol. The van der Waals surface area contributed by atoms with Crippen LogP contribution in [0.2, 0.25) is 10.0 Å². The Hall–Kier alpha value is -4.39. The lowest BCUT2D eigenvalue weighted by molar-refractivity contribution is -0.264. The number of hydrogen-bond acceptors (Lipinski definition) is 4. The zero-order chi connectivity index (χ0) is 39.1. The van der Waals surface area contributed by atoms with Crippen LogP contribution in [0.25, 0.3) is 22.3 Å². The van der Waals surface area contributed by atoms with Crippen LogP contribution in [0.4, 0.5) is 26.3 Å². The lowest BCUT2D eigenvalue weighted by Crippen LogP contribution is -2.45. The Balaban J connectivity index is 0.000000168. The molecule has 4 N–H and O–H groups in total. The summed E-state index contributed by atoms with van der Waals surface area (Å²) < 4.78 is 87.8. The van der Waals surface area contributed by atoms with E-state index in [-0.39, 0.29) is 49.5 Å². The summed E-state index contributed by atoms with van der Waals surface area (Å²) >= 11 is 12.3. The van der Waals surface area contributed by atoms with E-state index in [1.54, 1.807) is 44.2 Å². The molecule has 13 heteroatoms. The van der Waals surface area contributed by atoms with Crippen LogP contribution < -0.4 is 5.73 Å². The summed E-state index contributed by atoms with van der Waals surface area (Å²) in [6, 6.07) is 27.9. The number of carboxylic acids is 1. The van der Waals surface area contributed by atoms with E-state index in [9.17, 15) is 36.2 Å². The largest absolute Gasteiger partial charge is 0.480 e. The molecule has 5 aromatic carbocycles. The first-order chi connectivity index (χ1) is 24.8. The van der Waals surface area contributed by atoms with Gasteiger partial charge in [-0.3, -0.25) is 0 Å². The zero-order valence-electron chi connectivity index (χ0n) is 28.4. The van der Waals surface area contributed by atoms with Crippen molar-refractivity contribution in [1.82, 2.24) is 0 Å². The molecule has 0 amide bonds. The van der Waals surface area contributed by atoms with E-state index >= 15 is 0 Å². The van der Waals surface area contributed by atoms with Gasteiger partial charge in [0.1, 0.15) is 6.61 Å². The van der Waals surface area contributed by atoms with Gasteiger partial charge in [-0.25, -0.2) is 4.79 Å². The van der Waals surface area contributed by atoms with Gasteiger partial charge in [0.05, 0.1) is 0 Å². The Kier molecular flexibility index (Phi) is 11.1. The molecule has 3 atom stereocenters. The first-order valence-electron chi connectivity index (χ1n) is 16.1. The fourth-order valence-electron chi connectivity index (χ4n) is 6.68. The number of alkyl halides is 6. The first-order valence-corrected chi connectivity index (χ1v) is 16.8. The smallest absolute Gasteiger partial charge is 0.426 e. The van der Waals surface area contributed by atoms with E-state index in [1.165, 1.54) is 48.0 Å². The average molecular weight is 777 g/mol. The highest BCUT2D eigenvalue weighted by atomic mass is 35.5. The van der Waals surface area contributed by atoms with E-state index in [0.717, 1.165) is 0 Å². The van der Waals surface area contributed by atoms with Crippen LogP contribution in [0.1, 0.15) is 51.9 Å². The van der Waals surface area contributed by atoms with Gasteiger partial charge in [-0.2, -0.15) is 26.3 Å². The molecule has 0 aromatic heterocycles. The van der Waals surface area contributed by atoms with Crippen LogP contribution in [0.5, 0.6) is 0 Å².